The second kappa shape index (κ2) is 8.87. The van der Waals surface area contributed by atoms with Crippen LogP contribution in [0.5, 0.6) is 0 Å². The van der Waals surface area contributed by atoms with Gasteiger partial charge in [0.1, 0.15) is 5.03 Å². The van der Waals surface area contributed by atoms with Gasteiger partial charge in [0, 0.05) is 59.7 Å². The quantitative estimate of drug-likeness (QED) is 0.584. The van der Waals surface area contributed by atoms with Gasteiger partial charge in [-0.05, 0) is 44.8 Å². The molecule has 1 N–H and O–H groups in total. The summed E-state index contributed by atoms with van der Waals surface area (Å²) in [7, 11) is 0.328. The largest absolute Gasteiger partial charge is 0.345 e. The highest BCUT2D eigenvalue weighted by molar-refractivity contribution is 7.89. The number of aromatic nitrogens is 2. The summed E-state index contributed by atoms with van der Waals surface area (Å²) in [5.41, 5.74) is 0.714. The lowest BCUT2D eigenvalue weighted by Crippen LogP contribution is -2.50. The summed E-state index contributed by atoms with van der Waals surface area (Å²) in [5, 5.41) is 1.89. The Morgan fingerprint density at radius 3 is 2.68 bits per heavy atom. The first-order valence-corrected chi connectivity index (χ1v) is 12.5. The average molecular weight is 482 g/mol. The number of hydrogen-bond acceptors (Lipinski definition) is 6. The summed E-state index contributed by atoms with van der Waals surface area (Å²) < 4.78 is 27.5. The molecule has 0 atom stereocenters. The summed E-state index contributed by atoms with van der Waals surface area (Å²) in [6.07, 6.45) is 2.60. The molecule has 166 valence electrons. The zero-order valence-electron chi connectivity index (χ0n) is 17.3. The molecular formula is C20H24ClN5O3S2. The lowest BCUT2D eigenvalue weighted by molar-refractivity contribution is 0.0697. The molecule has 4 rings (SSSR count). The molecule has 31 heavy (non-hydrogen) atoms. The van der Waals surface area contributed by atoms with E-state index in [1.807, 2.05) is 14.1 Å². The van der Waals surface area contributed by atoms with Crippen molar-refractivity contribution in [3.63, 3.8) is 0 Å². The van der Waals surface area contributed by atoms with Crippen LogP contribution in [-0.4, -0.2) is 85.2 Å². The molecule has 1 aliphatic heterocycles. The van der Waals surface area contributed by atoms with Crippen molar-refractivity contribution in [3.8, 4) is 0 Å². The molecular weight excluding hydrogens is 458 g/mol. The molecule has 1 saturated heterocycles. The van der Waals surface area contributed by atoms with Crippen LogP contribution in [-0.2, 0) is 16.4 Å². The molecule has 0 radical (unpaired) electrons. The van der Waals surface area contributed by atoms with Crippen LogP contribution in [0.3, 0.4) is 0 Å². The van der Waals surface area contributed by atoms with E-state index >= 15 is 0 Å². The highest BCUT2D eigenvalue weighted by Gasteiger charge is 2.32. The summed E-state index contributed by atoms with van der Waals surface area (Å²) in [5.74, 6) is -0.140. The van der Waals surface area contributed by atoms with Gasteiger partial charge in [-0.25, -0.2) is 13.4 Å². The SMILES string of the molecule is CN(C)CCc1cnc(C(=O)N2CCN(S(=O)(=O)c3cc4cc(Cl)ccc4[nH]3)CC2)s1. The van der Waals surface area contributed by atoms with Crippen molar-refractivity contribution in [1.82, 2.24) is 24.1 Å². The maximum atomic E-state index is 13.1. The number of hydrogen-bond donors (Lipinski definition) is 1. The molecule has 1 fully saturated rings. The first-order chi connectivity index (χ1) is 14.7. The number of rotatable bonds is 6. The minimum atomic E-state index is -3.68. The molecule has 0 spiro atoms. The number of likely N-dealkylation sites (N-methyl/N-ethyl adjacent to an activating group) is 1. The third-order valence-corrected chi connectivity index (χ3v) is 8.34. The third-order valence-electron chi connectivity index (χ3n) is 5.24. The molecule has 0 unspecified atom stereocenters. The van der Waals surface area contributed by atoms with Gasteiger partial charge in [-0.15, -0.1) is 11.3 Å². The summed E-state index contributed by atoms with van der Waals surface area (Å²) >= 11 is 7.41. The molecule has 2 aromatic heterocycles. The fraction of sp³-hybridized carbons (Fsp3) is 0.400. The van der Waals surface area contributed by atoms with E-state index in [1.54, 1.807) is 35.4 Å². The van der Waals surface area contributed by atoms with Crippen LogP contribution in [0.1, 0.15) is 14.7 Å². The zero-order valence-corrected chi connectivity index (χ0v) is 19.7. The molecule has 0 bridgehead atoms. The standard InChI is InChI=1S/C20H24ClN5O3S2/c1-24(2)6-5-16-13-22-19(30-16)20(27)25-7-9-26(10-8-25)31(28,29)18-12-14-11-15(21)3-4-17(14)23-18/h3-4,11-13,23H,5-10H2,1-2H3. The second-order valence-electron chi connectivity index (χ2n) is 7.75. The first-order valence-electron chi connectivity index (χ1n) is 9.91. The van der Waals surface area contributed by atoms with E-state index < -0.39 is 10.0 Å². The lowest BCUT2D eigenvalue weighted by atomic mass is 10.2. The Morgan fingerprint density at radius 1 is 1.23 bits per heavy atom. The van der Waals surface area contributed by atoms with Crippen molar-refractivity contribution >= 4 is 49.8 Å². The van der Waals surface area contributed by atoms with E-state index in [9.17, 15) is 13.2 Å². The number of amides is 1. The number of carbonyl (C=O) groups excluding carboxylic acids is 1. The van der Waals surface area contributed by atoms with Crippen LogP contribution in [0.2, 0.25) is 5.02 Å². The van der Waals surface area contributed by atoms with Crippen LogP contribution in [0.4, 0.5) is 0 Å². The van der Waals surface area contributed by atoms with Gasteiger partial charge in [-0.2, -0.15) is 4.31 Å². The number of fused-ring (bicyclic) bond motifs is 1. The molecule has 11 heteroatoms. The van der Waals surface area contributed by atoms with E-state index in [2.05, 4.69) is 14.9 Å². The Morgan fingerprint density at radius 2 is 1.97 bits per heavy atom. The van der Waals surface area contributed by atoms with Gasteiger partial charge < -0.3 is 14.8 Å². The van der Waals surface area contributed by atoms with Crippen molar-refractivity contribution in [3.05, 3.63) is 45.4 Å². The minimum absolute atomic E-state index is 0.134. The summed E-state index contributed by atoms with van der Waals surface area (Å²) in [6, 6.07) is 6.79. The van der Waals surface area contributed by atoms with Gasteiger partial charge in [-0.3, -0.25) is 4.79 Å². The van der Waals surface area contributed by atoms with Gasteiger partial charge >= 0.3 is 0 Å². The Bertz CT molecular complexity index is 1200. The fourth-order valence-corrected chi connectivity index (χ4v) is 5.96. The molecule has 8 nitrogen and oxygen atoms in total. The first kappa shape index (κ1) is 22.2. The van der Waals surface area contributed by atoms with Crippen molar-refractivity contribution in [1.29, 1.82) is 0 Å². The van der Waals surface area contributed by atoms with Gasteiger partial charge in [-0.1, -0.05) is 11.6 Å². The molecule has 1 amide bonds. The number of halogens is 1. The van der Waals surface area contributed by atoms with Gasteiger partial charge in [0.2, 0.25) is 0 Å². The van der Waals surface area contributed by atoms with Crippen LogP contribution in [0.25, 0.3) is 10.9 Å². The number of sulfonamides is 1. The smallest absolute Gasteiger partial charge is 0.282 e. The van der Waals surface area contributed by atoms with Crippen molar-refractivity contribution in [2.24, 2.45) is 0 Å². The van der Waals surface area contributed by atoms with Gasteiger partial charge in [0.25, 0.3) is 15.9 Å². The molecule has 1 aliphatic rings. The molecule has 1 aromatic carbocycles. The van der Waals surface area contributed by atoms with Crippen molar-refractivity contribution < 1.29 is 13.2 Å². The number of piperazine rings is 1. The summed E-state index contributed by atoms with van der Waals surface area (Å²) in [6.45, 7) is 2.03. The highest BCUT2D eigenvalue weighted by atomic mass is 35.5. The van der Waals surface area contributed by atoms with E-state index in [4.69, 9.17) is 11.6 Å². The molecule has 0 aliphatic carbocycles. The Balaban J connectivity index is 1.41. The zero-order chi connectivity index (χ0) is 22.2. The predicted molar refractivity (Wildman–Crippen MR) is 122 cm³/mol. The van der Waals surface area contributed by atoms with Crippen LogP contribution >= 0.6 is 22.9 Å². The second-order valence-corrected chi connectivity index (χ2v) is 11.2. The van der Waals surface area contributed by atoms with Gasteiger partial charge in [0.05, 0.1) is 0 Å². The fourth-order valence-electron chi connectivity index (χ4n) is 3.48. The Hall–Kier alpha value is -1.98. The predicted octanol–water partition coefficient (Wildman–Crippen LogP) is 2.53. The topological polar surface area (TPSA) is 89.6 Å². The van der Waals surface area contributed by atoms with E-state index in [1.165, 1.54) is 15.6 Å². The highest BCUT2D eigenvalue weighted by Crippen LogP contribution is 2.25. The maximum absolute atomic E-state index is 13.1. The molecule has 0 saturated carbocycles. The van der Waals surface area contributed by atoms with Crippen LogP contribution in [0, 0.1) is 0 Å². The summed E-state index contributed by atoms with van der Waals surface area (Å²) in [4.78, 5) is 24.9. The minimum Gasteiger partial charge on any atom is -0.345 e. The molecule has 3 aromatic rings. The third kappa shape index (κ3) is 4.78. The normalized spacial score (nSPS) is 15.8. The number of aromatic amines is 1. The lowest BCUT2D eigenvalue weighted by Gasteiger charge is -2.33. The monoisotopic (exact) mass is 481 g/mol. The number of nitrogens with one attached hydrogen (secondary N) is 1. The van der Waals surface area contributed by atoms with Crippen molar-refractivity contribution in [2.45, 2.75) is 11.4 Å². The van der Waals surface area contributed by atoms with Gasteiger partial charge in [0.15, 0.2) is 5.01 Å². The van der Waals surface area contributed by atoms with E-state index in [0.717, 1.165) is 23.2 Å². The average Bonchev–Trinajstić information content (AvgIpc) is 3.39. The number of carbonyl (C=O) groups is 1. The van der Waals surface area contributed by atoms with E-state index in [-0.39, 0.29) is 24.0 Å². The number of benzene rings is 1. The van der Waals surface area contributed by atoms with Crippen LogP contribution < -0.4 is 0 Å². The Kier molecular flexibility index (Phi) is 6.36. The Labute approximate surface area is 190 Å². The number of H-pyrrole nitrogens is 1. The van der Waals surface area contributed by atoms with Crippen LogP contribution in [0.15, 0.2) is 35.5 Å². The van der Waals surface area contributed by atoms with E-state index in [0.29, 0.717) is 28.6 Å². The van der Waals surface area contributed by atoms with Crippen molar-refractivity contribution in [2.75, 3.05) is 46.8 Å². The number of nitrogens with zero attached hydrogens (tertiary/aromatic N) is 4. The maximum Gasteiger partial charge on any atom is 0.282 e. The number of thiazole rings is 1. The molecule has 3 heterocycles.